The second-order valence-corrected chi connectivity index (χ2v) is 3.89. The lowest BCUT2D eigenvalue weighted by atomic mass is 10.1. The first-order chi connectivity index (χ1) is 8.17. The van der Waals surface area contributed by atoms with E-state index in [1.165, 1.54) is 0 Å². The van der Waals surface area contributed by atoms with E-state index in [-0.39, 0.29) is 10.8 Å². The van der Waals surface area contributed by atoms with E-state index in [2.05, 4.69) is 9.97 Å². The number of nitriles is 2. The summed E-state index contributed by atoms with van der Waals surface area (Å²) in [7, 11) is 0. The second-order valence-electron chi connectivity index (χ2n) is 3.53. The van der Waals surface area contributed by atoms with E-state index >= 15 is 0 Å². The molecule has 0 amide bonds. The zero-order valence-corrected chi connectivity index (χ0v) is 9.73. The highest BCUT2D eigenvalue weighted by Crippen LogP contribution is 2.24. The summed E-state index contributed by atoms with van der Waals surface area (Å²) in [4.78, 5) is 8.43. The lowest BCUT2D eigenvalue weighted by molar-refractivity contribution is 1.01. The third-order valence-electron chi connectivity index (χ3n) is 2.41. The van der Waals surface area contributed by atoms with Gasteiger partial charge in [0.2, 0.25) is 0 Å². The van der Waals surface area contributed by atoms with Gasteiger partial charge in [0.15, 0.2) is 11.1 Å². The van der Waals surface area contributed by atoms with Crippen molar-refractivity contribution >= 4 is 22.6 Å². The van der Waals surface area contributed by atoms with E-state index in [4.69, 9.17) is 22.1 Å². The van der Waals surface area contributed by atoms with Crippen LogP contribution in [0.4, 0.5) is 0 Å². The van der Waals surface area contributed by atoms with Gasteiger partial charge in [-0.05, 0) is 18.6 Å². The molecule has 0 saturated carbocycles. The minimum absolute atomic E-state index is 0.108. The SMILES string of the molecule is Cc1cccc2nc(Cl)c(C(C#N)C#N)nc12. The summed E-state index contributed by atoms with van der Waals surface area (Å²) in [6.45, 7) is 1.89. The van der Waals surface area contributed by atoms with Crippen molar-refractivity contribution in [2.45, 2.75) is 12.8 Å². The number of benzene rings is 1. The second kappa shape index (κ2) is 4.37. The van der Waals surface area contributed by atoms with Gasteiger partial charge >= 0.3 is 0 Å². The van der Waals surface area contributed by atoms with Crippen LogP contribution < -0.4 is 0 Å². The molecule has 17 heavy (non-hydrogen) atoms. The molecule has 0 unspecified atom stereocenters. The maximum atomic E-state index is 8.85. The summed E-state index contributed by atoms with van der Waals surface area (Å²) in [6.07, 6.45) is 0. The van der Waals surface area contributed by atoms with Crippen LogP contribution in [0.25, 0.3) is 11.0 Å². The summed E-state index contributed by atoms with van der Waals surface area (Å²) < 4.78 is 0. The molecular weight excluding hydrogens is 236 g/mol. The zero-order chi connectivity index (χ0) is 12.4. The van der Waals surface area contributed by atoms with Gasteiger partial charge in [-0.1, -0.05) is 23.7 Å². The Balaban J connectivity index is 2.76. The highest BCUT2D eigenvalue weighted by Gasteiger charge is 2.17. The van der Waals surface area contributed by atoms with Crippen molar-refractivity contribution in [1.29, 1.82) is 10.5 Å². The van der Waals surface area contributed by atoms with Gasteiger partial charge in [-0.3, -0.25) is 0 Å². The van der Waals surface area contributed by atoms with E-state index < -0.39 is 5.92 Å². The molecule has 2 rings (SSSR count). The van der Waals surface area contributed by atoms with E-state index in [0.717, 1.165) is 5.56 Å². The quantitative estimate of drug-likeness (QED) is 0.771. The molecular formula is C12H7ClN4. The van der Waals surface area contributed by atoms with Gasteiger partial charge in [0, 0.05) is 0 Å². The molecule has 1 aromatic heterocycles. The fourth-order valence-corrected chi connectivity index (χ4v) is 1.79. The number of nitrogens with zero attached hydrogens (tertiary/aromatic N) is 4. The fourth-order valence-electron chi connectivity index (χ4n) is 1.54. The molecule has 0 N–H and O–H groups in total. The topological polar surface area (TPSA) is 73.4 Å². The summed E-state index contributed by atoms with van der Waals surface area (Å²) in [5.74, 6) is -0.987. The Morgan fingerprint density at radius 1 is 1.24 bits per heavy atom. The molecule has 1 heterocycles. The van der Waals surface area contributed by atoms with Crippen molar-refractivity contribution in [2.75, 3.05) is 0 Å². The van der Waals surface area contributed by atoms with Crippen LogP contribution in [0.2, 0.25) is 5.15 Å². The van der Waals surface area contributed by atoms with Gasteiger partial charge in [0.1, 0.15) is 5.69 Å². The van der Waals surface area contributed by atoms with Crippen LogP contribution >= 0.6 is 11.6 Å². The van der Waals surface area contributed by atoms with Gasteiger partial charge in [-0.2, -0.15) is 10.5 Å². The predicted octanol–water partition coefficient (Wildman–Crippen LogP) is 2.72. The minimum Gasteiger partial charge on any atom is -0.245 e. The third-order valence-corrected chi connectivity index (χ3v) is 2.69. The molecule has 0 bridgehead atoms. The average Bonchev–Trinajstić information content (AvgIpc) is 2.32. The van der Waals surface area contributed by atoms with Crippen LogP contribution in [0.15, 0.2) is 18.2 Å². The molecule has 0 aliphatic heterocycles. The standard InChI is InChI=1S/C12H7ClN4/c1-7-3-2-4-9-10(7)17-11(12(13)16-9)8(5-14)6-15/h2-4,8H,1H3. The predicted molar refractivity (Wildman–Crippen MR) is 63.3 cm³/mol. The highest BCUT2D eigenvalue weighted by atomic mass is 35.5. The largest absolute Gasteiger partial charge is 0.245 e. The number of aromatic nitrogens is 2. The zero-order valence-electron chi connectivity index (χ0n) is 8.98. The summed E-state index contributed by atoms with van der Waals surface area (Å²) >= 11 is 5.93. The van der Waals surface area contributed by atoms with Crippen molar-refractivity contribution in [3.8, 4) is 12.1 Å². The van der Waals surface area contributed by atoms with Crippen molar-refractivity contribution in [3.63, 3.8) is 0 Å². The Kier molecular flexibility index (Phi) is 2.91. The number of para-hydroxylation sites is 1. The van der Waals surface area contributed by atoms with E-state index in [0.29, 0.717) is 11.0 Å². The Labute approximate surface area is 103 Å². The number of hydrogen-bond acceptors (Lipinski definition) is 4. The van der Waals surface area contributed by atoms with Gasteiger partial charge < -0.3 is 0 Å². The molecule has 0 atom stereocenters. The first-order valence-corrected chi connectivity index (χ1v) is 5.27. The monoisotopic (exact) mass is 242 g/mol. The Hall–Kier alpha value is -2.17. The minimum atomic E-state index is -0.987. The van der Waals surface area contributed by atoms with Crippen molar-refractivity contribution in [1.82, 2.24) is 9.97 Å². The van der Waals surface area contributed by atoms with Gasteiger partial charge in [-0.15, -0.1) is 0 Å². The fraction of sp³-hybridized carbons (Fsp3) is 0.167. The molecule has 82 valence electrons. The molecule has 5 heteroatoms. The molecule has 4 nitrogen and oxygen atoms in total. The Bertz CT molecular complexity index is 652. The van der Waals surface area contributed by atoms with Crippen LogP contribution in [0.1, 0.15) is 17.2 Å². The van der Waals surface area contributed by atoms with E-state index in [9.17, 15) is 0 Å². The van der Waals surface area contributed by atoms with Gasteiger partial charge in [0.25, 0.3) is 0 Å². The summed E-state index contributed by atoms with van der Waals surface area (Å²) in [5.41, 5.74) is 2.48. The molecule has 1 aromatic carbocycles. The molecule has 2 aromatic rings. The Morgan fingerprint density at radius 2 is 1.94 bits per heavy atom. The maximum absolute atomic E-state index is 8.85. The third kappa shape index (κ3) is 1.91. The molecule has 0 fully saturated rings. The molecule has 0 aliphatic carbocycles. The van der Waals surface area contributed by atoms with Crippen molar-refractivity contribution < 1.29 is 0 Å². The van der Waals surface area contributed by atoms with E-state index in [1.807, 2.05) is 31.2 Å². The van der Waals surface area contributed by atoms with Crippen LogP contribution in [0, 0.1) is 29.6 Å². The summed E-state index contributed by atoms with van der Waals surface area (Å²) in [5, 5.41) is 17.8. The Morgan fingerprint density at radius 3 is 2.59 bits per heavy atom. The lowest BCUT2D eigenvalue weighted by Gasteiger charge is -2.06. The van der Waals surface area contributed by atoms with Crippen LogP contribution in [-0.4, -0.2) is 9.97 Å². The number of hydrogen-bond donors (Lipinski definition) is 0. The van der Waals surface area contributed by atoms with Gasteiger partial charge in [0.05, 0.1) is 23.2 Å². The van der Waals surface area contributed by atoms with Gasteiger partial charge in [-0.25, -0.2) is 9.97 Å². The van der Waals surface area contributed by atoms with Crippen LogP contribution in [0.5, 0.6) is 0 Å². The average molecular weight is 243 g/mol. The van der Waals surface area contributed by atoms with E-state index in [1.54, 1.807) is 6.07 Å². The molecule has 0 radical (unpaired) electrons. The number of halogens is 1. The maximum Gasteiger partial charge on any atom is 0.178 e. The van der Waals surface area contributed by atoms with Crippen molar-refractivity contribution in [2.24, 2.45) is 0 Å². The molecule has 0 spiro atoms. The normalized spacial score (nSPS) is 10.2. The first-order valence-electron chi connectivity index (χ1n) is 4.89. The smallest absolute Gasteiger partial charge is 0.178 e. The highest BCUT2D eigenvalue weighted by molar-refractivity contribution is 6.30. The number of aryl methyl sites for hydroxylation is 1. The number of rotatable bonds is 1. The van der Waals surface area contributed by atoms with Crippen molar-refractivity contribution in [3.05, 3.63) is 34.6 Å². The van der Waals surface area contributed by atoms with Crippen LogP contribution in [0.3, 0.4) is 0 Å². The first kappa shape index (κ1) is 11.3. The number of fused-ring (bicyclic) bond motifs is 1. The lowest BCUT2D eigenvalue weighted by Crippen LogP contribution is -2.01. The molecule has 0 saturated heterocycles. The molecule has 0 aliphatic rings. The van der Waals surface area contributed by atoms with Crippen LogP contribution in [-0.2, 0) is 0 Å². The summed E-state index contributed by atoms with van der Waals surface area (Å²) in [6, 6.07) is 9.23.